The number of carbonyl (C=O) groups excluding carboxylic acids is 1. The lowest BCUT2D eigenvalue weighted by Crippen LogP contribution is -2.31. The van der Waals surface area contributed by atoms with Crippen LogP contribution < -0.4 is 5.32 Å². The minimum atomic E-state index is -0.278. The van der Waals surface area contributed by atoms with Gasteiger partial charge in [-0.2, -0.15) is 0 Å². The van der Waals surface area contributed by atoms with Gasteiger partial charge in [-0.3, -0.25) is 4.79 Å². The van der Waals surface area contributed by atoms with Gasteiger partial charge < -0.3 is 5.32 Å². The quantitative estimate of drug-likeness (QED) is 0.892. The second-order valence-corrected chi connectivity index (χ2v) is 5.60. The molecule has 0 bridgehead atoms. The Kier molecular flexibility index (Phi) is 4.00. The van der Waals surface area contributed by atoms with Crippen molar-refractivity contribution in [2.24, 2.45) is 5.92 Å². The van der Waals surface area contributed by atoms with Gasteiger partial charge in [-0.25, -0.2) is 4.39 Å². The highest BCUT2D eigenvalue weighted by Gasteiger charge is 2.33. The van der Waals surface area contributed by atoms with Crippen molar-refractivity contribution in [1.82, 2.24) is 5.32 Å². The zero-order chi connectivity index (χ0) is 14.7. The molecule has 2 aromatic rings. The largest absolute Gasteiger partial charge is 0.349 e. The summed E-state index contributed by atoms with van der Waals surface area (Å²) in [5.41, 5.74) is 1.99. The van der Waals surface area contributed by atoms with Gasteiger partial charge in [0.2, 0.25) is 5.91 Å². The van der Waals surface area contributed by atoms with Crippen LogP contribution in [0.2, 0.25) is 0 Å². The molecular weight excluding hydrogens is 265 g/mol. The SMILES string of the molecule is O=C(Cc1ccc(F)cc1)NC(c1ccccc1)C1CC1. The van der Waals surface area contributed by atoms with Gasteiger partial charge in [-0.1, -0.05) is 42.5 Å². The minimum absolute atomic E-state index is 0.0117. The van der Waals surface area contributed by atoms with Crippen molar-refractivity contribution >= 4 is 5.91 Å². The van der Waals surface area contributed by atoms with E-state index in [1.165, 1.54) is 12.1 Å². The van der Waals surface area contributed by atoms with Crippen LogP contribution in [0.15, 0.2) is 54.6 Å². The van der Waals surface area contributed by atoms with Crippen LogP contribution in [0, 0.1) is 11.7 Å². The molecule has 1 N–H and O–H groups in total. The highest BCUT2D eigenvalue weighted by Crippen LogP contribution is 2.40. The summed E-state index contributed by atoms with van der Waals surface area (Å²) in [4.78, 5) is 12.2. The first kappa shape index (κ1) is 13.8. The molecule has 0 spiro atoms. The Labute approximate surface area is 124 Å². The monoisotopic (exact) mass is 283 g/mol. The molecule has 0 saturated heterocycles. The van der Waals surface area contributed by atoms with E-state index >= 15 is 0 Å². The predicted octanol–water partition coefficient (Wildman–Crippen LogP) is 3.64. The maximum absolute atomic E-state index is 12.9. The lowest BCUT2D eigenvalue weighted by molar-refractivity contribution is -0.121. The van der Waals surface area contributed by atoms with Crippen LogP contribution in [0.5, 0.6) is 0 Å². The third-order valence-corrected chi connectivity index (χ3v) is 3.85. The van der Waals surface area contributed by atoms with Crippen molar-refractivity contribution in [3.8, 4) is 0 Å². The van der Waals surface area contributed by atoms with Gasteiger partial charge in [0.15, 0.2) is 0 Å². The van der Waals surface area contributed by atoms with Gasteiger partial charge in [-0.15, -0.1) is 0 Å². The number of hydrogen-bond acceptors (Lipinski definition) is 1. The number of carbonyl (C=O) groups is 1. The van der Waals surface area contributed by atoms with Crippen molar-refractivity contribution in [3.63, 3.8) is 0 Å². The van der Waals surface area contributed by atoms with Crippen LogP contribution in [-0.2, 0) is 11.2 Å². The standard InChI is InChI=1S/C18H18FNO/c19-16-10-6-13(7-11-16)12-17(21)20-18(15-8-9-15)14-4-2-1-3-5-14/h1-7,10-11,15,18H,8-9,12H2,(H,20,21). The van der Waals surface area contributed by atoms with Crippen LogP contribution in [0.3, 0.4) is 0 Å². The molecule has 0 heterocycles. The third kappa shape index (κ3) is 3.69. The van der Waals surface area contributed by atoms with Crippen molar-refractivity contribution < 1.29 is 9.18 Å². The number of amides is 1. The highest BCUT2D eigenvalue weighted by atomic mass is 19.1. The molecule has 0 aliphatic heterocycles. The Morgan fingerprint density at radius 1 is 1.10 bits per heavy atom. The van der Waals surface area contributed by atoms with Gasteiger partial charge in [0.1, 0.15) is 5.82 Å². The fourth-order valence-corrected chi connectivity index (χ4v) is 2.58. The van der Waals surface area contributed by atoms with E-state index in [9.17, 15) is 9.18 Å². The van der Waals surface area contributed by atoms with E-state index < -0.39 is 0 Å². The van der Waals surface area contributed by atoms with Gasteiger partial charge in [0.25, 0.3) is 0 Å². The Hall–Kier alpha value is -2.16. The molecule has 1 atom stereocenters. The fourth-order valence-electron chi connectivity index (χ4n) is 2.58. The summed E-state index contributed by atoms with van der Waals surface area (Å²) in [6, 6.07) is 16.3. The topological polar surface area (TPSA) is 29.1 Å². The first-order valence-electron chi connectivity index (χ1n) is 7.31. The maximum atomic E-state index is 12.9. The van der Waals surface area contributed by atoms with Crippen LogP contribution in [0.4, 0.5) is 4.39 Å². The molecule has 0 aromatic heterocycles. The number of benzene rings is 2. The van der Waals surface area contributed by atoms with E-state index in [1.807, 2.05) is 18.2 Å². The van der Waals surface area contributed by atoms with E-state index in [0.29, 0.717) is 5.92 Å². The summed E-state index contributed by atoms with van der Waals surface area (Å²) in [5.74, 6) is 0.256. The van der Waals surface area contributed by atoms with E-state index in [4.69, 9.17) is 0 Å². The summed E-state index contributed by atoms with van der Waals surface area (Å²) in [5, 5.41) is 3.13. The first-order chi connectivity index (χ1) is 10.2. The van der Waals surface area contributed by atoms with Crippen LogP contribution in [0.1, 0.15) is 30.0 Å². The van der Waals surface area contributed by atoms with Gasteiger partial charge in [0.05, 0.1) is 12.5 Å². The number of halogens is 1. The molecule has 1 amide bonds. The van der Waals surface area contributed by atoms with Crippen LogP contribution in [0.25, 0.3) is 0 Å². The number of nitrogens with one attached hydrogen (secondary N) is 1. The van der Waals surface area contributed by atoms with Crippen LogP contribution in [-0.4, -0.2) is 5.91 Å². The van der Waals surface area contributed by atoms with Crippen LogP contribution >= 0.6 is 0 Å². The van der Waals surface area contributed by atoms with E-state index in [1.54, 1.807) is 12.1 Å². The average Bonchev–Trinajstić information content (AvgIpc) is 3.33. The molecule has 2 aromatic carbocycles. The summed E-state index contributed by atoms with van der Waals surface area (Å²) in [6.07, 6.45) is 2.61. The van der Waals surface area contributed by atoms with E-state index in [-0.39, 0.29) is 24.2 Å². The summed E-state index contributed by atoms with van der Waals surface area (Å²) in [6.45, 7) is 0. The zero-order valence-electron chi connectivity index (χ0n) is 11.8. The van der Waals surface area contributed by atoms with Crippen molar-refractivity contribution in [3.05, 3.63) is 71.5 Å². The Bertz CT molecular complexity index is 605. The minimum Gasteiger partial charge on any atom is -0.349 e. The summed E-state index contributed by atoms with van der Waals surface area (Å²) in [7, 11) is 0. The Morgan fingerprint density at radius 2 is 1.76 bits per heavy atom. The molecule has 2 nitrogen and oxygen atoms in total. The van der Waals surface area contributed by atoms with Crippen molar-refractivity contribution in [2.75, 3.05) is 0 Å². The number of rotatable bonds is 5. The second-order valence-electron chi connectivity index (χ2n) is 5.60. The molecule has 1 aliphatic carbocycles. The normalized spacial score (nSPS) is 15.5. The summed E-state index contributed by atoms with van der Waals surface area (Å²) < 4.78 is 12.9. The second kappa shape index (κ2) is 6.08. The fraction of sp³-hybridized carbons (Fsp3) is 0.278. The first-order valence-corrected chi connectivity index (χ1v) is 7.31. The highest BCUT2D eigenvalue weighted by molar-refractivity contribution is 5.79. The third-order valence-electron chi connectivity index (χ3n) is 3.85. The van der Waals surface area contributed by atoms with Gasteiger partial charge in [0, 0.05) is 0 Å². The molecule has 1 aliphatic rings. The molecule has 21 heavy (non-hydrogen) atoms. The molecule has 3 rings (SSSR count). The smallest absolute Gasteiger partial charge is 0.224 e. The van der Waals surface area contributed by atoms with E-state index in [2.05, 4.69) is 17.4 Å². The predicted molar refractivity (Wildman–Crippen MR) is 80.2 cm³/mol. The average molecular weight is 283 g/mol. The van der Waals surface area contributed by atoms with E-state index in [0.717, 1.165) is 24.0 Å². The zero-order valence-corrected chi connectivity index (χ0v) is 11.8. The summed E-state index contributed by atoms with van der Waals surface area (Å²) >= 11 is 0. The molecule has 0 radical (unpaired) electrons. The molecule has 1 saturated carbocycles. The molecule has 1 fully saturated rings. The maximum Gasteiger partial charge on any atom is 0.224 e. The Balaban J connectivity index is 1.66. The molecule has 3 heteroatoms. The molecular formula is C18H18FNO. The van der Waals surface area contributed by atoms with Gasteiger partial charge >= 0.3 is 0 Å². The lowest BCUT2D eigenvalue weighted by atomic mass is 10.0. The van der Waals surface area contributed by atoms with Gasteiger partial charge in [-0.05, 0) is 42.0 Å². The van der Waals surface area contributed by atoms with Crippen molar-refractivity contribution in [1.29, 1.82) is 0 Å². The molecule has 108 valence electrons. The molecule has 1 unspecified atom stereocenters. The van der Waals surface area contributed by atoms with Crippen molar-refractivity contribution in [2.45, 2.75) is 25.3 Å². The number of hydrogen-bond donors (Lipinski definition) is 1. The lowest BCUT2D eigenvalue weighted by Gasteiger charge is -2.19. The Morgan fingerprint density at radius 3 is 2.38 bits per heavy atom.